The molecule has 0 aliphatic carbocycles. The maximum atomic E-state index is 10.4. The lowest BCUT2D eigenvalue weighted by Crippen LogP contribution is -2.32. The largest absolute Gasteiger partial charge is 0.480 e. The Morgan fingerprint density at radius 1 is 1.50 bits per heavy atom. The topological polar surface area (TPSA) is 40.5 Å². The zero-order valence-electron chi connectivity index (χ0n) is 7.75. The van der Waals surface area contributed by atoms with Gasteiger partial charge in [0.15, 0.2) is 0 Å². The molecule has 0 spiro atoms. The smallest absolute Gasteiger partial charge is 0.317 e. The van der Waals surface area contributed by atoms with E-state index in [4.69, 9.17) is 5.11 Å². The van der Waals surface area contributed by atoms with Gasteiger partial charge in [-0.15, -0.1) is 0 Å². The van der Waals surface area contributed by atoms with Crippen molar-refractivity contribution in [2.75, 3.05) is 31.6 Å². The van der Waals surface area contributed by atoms with E-state index in [1.165, 1.54) is 0 Å². The number of carboxylic acids is 1. The summed E-state index contributed by atoms with van der Waals surface area (Å²) >= 11 is 1.75. The highest BCUT2D eigenvalue weighted by Gasteiger charge is 2.06. The highest BCUT2D eigenvalue weighted by molar-refractivity contribution is 7.98. The summed E-state index contributed by atoms with van der Waals surface area (Å²) in [6.45, 7) is 4.00. The van der Waals surface area contributed by atoms with Crippen molar-refractivity contribution >= 4 is 17.7 Å². The van der Waals surface area contributed by atoms with E-state index >= 15 is 0 Å². The van der Waals surface area contributed by atoms with E-state index in [9.17, 15) is 4.79 Å². The van der Waals surface area contributed by atoms with Crippen LogP contribution in [0.2, 0.25) is 0 Å². The van der Waals surface area contributed by atoms with Gasteiger partial charge in [0.25, 0.3) is 0 Å². The van der Waals surface area contributed by atoms with Gasteiger partial charge in [0.05, 0.1) is 6.54 Å². The Balaban J connectivity index is 3.61. The molecule has 0 aliphatic rings. The number of hydrogen-bond acceptors (Lipinski definition) is 3. The third-order valence-electron chi connectivity index (χ3n) is 1.51. The molecule has 0 rings (SSSR count). The molecule has 0 bridgehead atoms. The molecule has 0 aromatic rings. The molecule has 0 atom stereocenters. The minimum absolute atomic E-state index is 0.175. The van der Waals surface area contributed by atoms with Crippen LogP contribution in [0.25, 0.3) is 0 Å². The van der Waals surface area contributed by atoms with Crippen LogP contribution in [0.4, 0.5) is 0 Å². The van der Waals surface area contributed by atoms with Gasteiger partial charge in [-0.3, -0.25) is 9.69 Å². The van der Waals surface area contributed by atoms with Gasteiger partial charge in [-0.1, -0.05) is 6.92 Å². The molecule has 0 radical (unpaired) electrons. The second kappa shape index (κ2) is 7.43. The highest BCUT2D eigenvalue weighted by atomic mass is 32.2. The minimum Gasteiger partial charge on any atom is -0.480 e. The quantitative estimate of drug-likeness (QED) is 0.655. The van der Waals surface area contributed by atoms with Gasteiger partial charge in [0.2, 0.25) is 0 Å². The molecule has 0 aromatic heterocycles. The summed E-state index contributed by atoms with van der Waals surface area (Å²) in [6.07, 6.45) is 3.05. The molecule has 0 unspecified atom stereocenters. The third-order valence-corrected chi connectivity index (χ3v) is 2.10. The minimum atomic E-state index is -0.732. The van der Waals surface area contributed by atoms with Crippen molar-refractivity contribution in [3.05, 3.63) is 0 Å². The van der Waals surface area contributed by atoms with E-state index < -0.39 is 5.97 Å². The van der Waals surface area contributed by atoms with Crippen LogP contribution < -0.4 is 0 Å². The van der Waals surface area contributed by atoms with Crippen LogP contribution in [0.1, 0.15) is 13.3 Å². The first-order chi connectivity index (χ1) is 5.70. The van der Waals surface area contributed by atoms with E-state index in [1.54, 1.807) is 11.8 Å². The number of carbonyl (C=O) groups is 1. The van der Waals surface area contributed by atoms with Crippen molar-refractivity contribution in [1.82, 2.24) is 4.90 Å². The van der Waals surface area contributed by atoms with Crippen LogP contribution in [-0.2, 0) is 4.79 Å². The maximum Gasteiger partial charge on any atom is 0.317 e. The summed E-state index contributed by atoms with van der Waals surface area (Å²) in [4.78, 5) is 12.4. The molecular weight excluding hydrogens is 174 g/mol. The number of rotatable bonds is 7. The average molecular weight is 191 g/mol. The lowest BCUT2D eigenvalue weighted by atomic mass is 10.4. The SMILES string of the molecule is CCCN(CCSC)CC(=O)O. The highest BCUT2D eigenvalue weighted by Crippen LogP contribution is 1.96. The molecular formula is C8H17NO2S. The molecule has 72 valence electrons. The van der Waals surface area contributed by atoms with Gasteiger partial charge in [-0.05, 0) is 19.2 Å². The van der Waals surface area contributed by atoms with Gasteiger partial charge in [0, 0.05) is 12.3 Å². The Morgan fingerprint density at radius 2 is 2.17 bits per heavy atom. The fourth-order valence-electron chi connectivity index (χ4n) is 0.998. The predicted molar refractivity (Wildman–Crippen MR) is 52.7 cm³/mol. The fourth-order valence-corrected chi connectivity index (χ4v) is 1.44. The molecule has 0 fully saturated rings. The molecule has 0 saturated carbocycles. The standard InChI is InChI=1S/C8H17NO2S/c1-3-4-9(5-6-12-2)7-8(10)11/h3-7H2,1-2H3,(H,10,11). The number of nitrogens with zero attached hydrogens (tertiary/aromatic N) is 1. The van der Waals surface area contributed by atoms with Crippen molar-refractivity contribution in [3.8, 4) is 0 Å². The lowest BCUT2D eigenvalue weighted by molar-refractivity contribution is -0.138. The van der Waals surface area contributed by atoms with Gasteiger partial charge < -0.3 is 5.11 Å². The first kappa shape index (κ1) is 11.8. The van der Waals surface area contributed by atoms with E-state index in [0.29, 0.717) is 0 Å². The monoisotopic (exact) mass is 191 g/mol. The summed E-state index contributed by atoms with van der Waals surface area (Å²) in [5.41, 5.74) is 0. The van der Waals surface area contributed by atoms with Gasteiger partial charge in [-0.2, -0.15) is 11.8 Å². The first-order valence-electron chi connectivity index (χ1n) is 4.13. The Labute approximate surface area is 78.1 Å². The summed E-state index contributed by atoms with van der Waals surface area (Å²) in [6, 6.07) is 0. The molecule has 1 N–H and O–H groups in total. The summed E-state index contributed by atoms with van der Waals surface area (Å²) in [5.74, 6) is 0.275. The van der Waals surface area contributed by atoms with Gasteiger partial charge in [-0.25, -0.2) is 0 Å². The average Bonchev–Trinajstić information content (AvgIpc) is 2.00. The molecule has 12 heavy (non-hydrogen) atoms. The Morgan fingerprint density at radius 3 is 2.58 bits per heavy atom. The third kappa shape index (κ3) is 6.49. The number of aliphatic carboxylic acids is 1. The first-order valence-corrected chi connectivity index (χ1v) is 5.53. The molecule has 3 nitrogen and oxygen atoms in total. The van der Waals surface area contributed by atoms with Crippen LogP contribution in [0.5, 0.6) is 0 Å². The molecule has 0 aromatic carbocycles. The van der Waals surface area contributed by atoms with E-state index in [1.807, 2.05) is 11.2 Å². The normalized spacial score (nSPS) is 10.6. The van der Waals surface area contributed by atoms with Crippen molar-refractivity contribution in [2.24, 2.45) is 0 Å². The van der Waals surface area contributed by atoms with Gasteiger partial charge >= 0.3 is 5.97 Å². The molecule has 0 heterocycles. The summed E-state index contributed by atoms with van der Waals surface area (Å²) in [5, 5.41) is 8.56. The van der Waals surface area contributed by atoms with Crippen LogP contribution in [-0.4, -0.2) is 47.6 Å². The number of hydrogen-bond donors (Lipinski definition) is 1. The van der Waals surface area contributed by atoms with E-state index in [-0.39, 0.29) is 6.54 Å². The second-order valence-corrected chi connectivity index (χ2v) is 3.65. The van der Waals surface area contributed by atoms with E-state index in [0.717, 1.165) is 25.3 Å². The summed E-state index contributed by atoms with van der Waals surface area (Å²) < 4.78 is 0. The molecule has 0 amide bonds. The van der Waals surface area contributed by atoms with Gasteiger partial charge in [0.1, 0.15) is 0 Å². The second-order valence-electron chi connectivity index (χ2n) is 2.66. The van der Waals surface area contributed by atoms with Crippen molar-refractivity contribution in [2.45, 2.75) is 13.3 Å². The Kier molecular flexibility index (Phi) is 7.29. The summed E-state index contributed by atoms with van der Waals surface area (Å²) in [7, 11) is 0. The lowest BCUT2D eigenvalue weighted by Gasteiger charge is -2.18. The Bertz CT molecular complexity index is 130. The van der Waals surface area contributed by atoms with Crippen LogP contribution in [0.3, 0.4) is 0 Å². The molecule has 4 heteroatoms. The van der Waals surface area contributed by atoms with Crippen LogP contribution in [0.15, 0.2) is 0 Å². The zero-order chi connectivity index (χ0) is 9.40. The fraction of sp³-hybridized carbons (Fsp3) is 0.875. The number of thioether (sulfide) groups is 1. The number of carboxylic acid groups (broad SMARTS) is 1. The van der Waals surface area contributed by atoms with Crippen molar-refractivity contribution < 1.29 is 9.90 Å². The van der Waals surface area contributed by atoms with Crippen molar-refractivity contribution in [1.29, 1.82) is 0 Å². The maximum absolute atomic E-state index is 10.4. The van der Waals surface area contributed by atoms with E-state index in [2.05, 4.69) is 6.92 Å². The van der Waals surface area contributed by atoms with Crippen LogP contribution in [0, 0.1) is 0 Å². The van der Waals surface area contributed by atoms with Crippen molar-refractivity contribution in [3.63, 3.8) is 0 Å². The molecule has 0 saturated heterocycles. The predicted octanol–water partition coefficient (Wildman–Crippen LogP) is 1.15. The Hall–Kier alpha value is -0.220. The molecule has 0 aliphatic heterocycles. The zero-order valence-corrected chi connectivity index (χ0v) is 8.56. The van der Waals surface area contributed by atoms with Crippen LogP contribution >= 0.6 is 11.8 Å².